The molecule has 0 fully saturated rings. The molecular formula is C15H12ClF2N3. The zero-order valence-electron chi connectivity index (χ0n) is 11.3. The van der Waals surface area contributed by atoms with Gasteiger partial charge in [0.05, 0.1) is 11.2 Å². The molecule has 0 unspecified atom stereocenters. The highest BCUT2D eigenvalue weighted by molar-refractivity contribution is 6.34. The van der Waals surface area contributed by atoms with Gasteiger partial charge in [0.15, 0.2) is 11.6 Å². The van der Waals surface area contributed by atoms with Gasteiger partial charge in [0.2, 0.25) is 0 Å². The molecule has 0 saturated heterocycles. The first-order valence-corrected chi connectivity index (χ1v) is 6.84. The molecule has 0 saturated carbocycles. The zero-order valence-corrected chi connectivity index (χ0v) is 12.0. The van der Waals surface area contributed by atoms with E-state index in [1.54, 1.807) is 30.1 Å². The number of aryl methyl sites for hydroxylation is 3. The Balaban J connectivity index is 1.86. The van der Waals surface area contributed by atoms with Gasteiger partial charge in [-0.25, -0.2) is 13.8 Å². The van der Waals surface area contributed by atoms with Crippen LogP contribution in [0.15, 0.2) is 30.5 Å². The fraction of sp³-hybridized carbons (Fsp3) is 0.200. The molecule has 21 heavy (non-hydrogen) atoms. The Bertz CT molecular complexity index is 814. The molecule has 2 aromatic heterocycles. The number of hydrogen-bond acceptors (Lipinski definition) is 2. The zero-order chi connectivity index (χ0) is 15.0. The van der Waals surface area contributed by atoms with Crippen LogP contribution in [-0.4, -0.2) is 14.8 Å². The Morgan fingerprint density at radius 2 is 2.05 bits per heavy atom. The third kappa shape index (κ3) is 2.74. The van der Waals surface area contributed by atoms with Crippen molar-refractivity contribution < 1.29 is 8.78 Å². The van der Waals surface area contributed by atoms with Crippen LogP contribution in [0.2, 0.25) is 5.02 Å². The number of hydrogen-bond donors (Lipinski definition) is 0. The Kier molecular flexibility index (Phi) is 3.59. The summed E-state index contributed by atoms with van der Waals surface area (Å²) in [5.41, 5.74) is 2.39. The predicted octanol–water partition coefficient (Wildman–Crippen LogP) is 3.69. The lowest BCUT2D eigenvalue weighted by Gasteiger charge is -2.04. The molecule has 2 heterocycles. The molecule has 0 aliphatic rings. The molecule has 0 spiro atoms. The van der Waals surface area contributed by atoms with E-state index >= 15 is 0 Å². The minimum atomic E-state index is -0.832. The van der Waals surface area contributed by atoms with Crippen molar-refractivity contribution in [1.29, 1.82) is 0 Å². The topological polar surface area (TPSA) is 30.7 Å². The lowest BCUT2D eigenvalue weighted by Crippen LogP contribution is -1.99. The Hall–Kier alpha value is -2.01. The van der Waals surface area contributed by atoms with E-state index in [2.05, 4.69) is 10.1 Å². The predicted molar refractivity (Wildman–Crippen MR) is 77.3 cm³/mol. The molecule has 0 aliphatic carbocycles. The van der Waals surface area contributed by atoms with E-state index in [0.29, 0.717) is 34.5 Å². The number of nitrogens with zero attached hydrogens (tertiary/aromatic N) is 3. The Morgan fingerprint density at radius 3 is 2.86 bits per heavy atom. The van der Waals surface area contributed by atoms with Gasteiger partial charge >= 0.3 is 0 Å². The van der Waals surface area contributed by atoms with Crippen molar-refractivity contribution >= 4 is 22.6 Å². The second-order valence-corrected chi connectivity index (χ2v) is 5.25. The standard InChI is InChI=1S/C15H12ClF2N3/c1-21-8-13-15(20-21)11(16)7-10(19-13)6-5-9-3-2-4-12(17)14(9)18/h2-4,7-8H,5-6H2,1H3. The van der Waals surface area contributed by atoms with Gasteiger partial charge in [-0.3, -0.25) is 4.68 Å². The van der Waals surface area contributed by atoms with Crippen LogP contribution in [-0.2, 0) is 19.9 Å². The number of benzene rings is 1. The Morgan fingerprint density at radius 1 is 1.24 bits per heavy atom. The number of aromatic nitrogens is 3. The molecule has 0 bridgehead atoms. The molecule has 6 heteroatoms. The SMILES string of the molecule is Cn1cc2nc(CCc3cccc(F)c3F)cc(Cl)c2n1. The van der Waals surface area contributed by atoms with E-state index in [0.717, 1.165) is 11.8 Å². The molecule has 3 nitrogen and oxygen atoms in total. The van der Waals surface area contributed by atoms with Crippen LogP contribution in [0.3, 0.4) is 0 Å². The lowest BCUT2D eigenvalue weighted by molar-refractivity contribution is 0.498. The monoisotopic (exact) mass is 307 g/mol. The first-order chi connectivity index (χ1) is 10.0. The summed E-state index contributed by atoms with van der Waals surface area (Å²) in [6.45, 7) is 0. The highest BCUT2D eigenvalue weighted by atomic mass is 35.5. The van der Waals surface area contributed by atoms with Crippen LogP contribution in [0.1, 0.15) is 11.3 Å². The number of fused-ring (bicyclic) bond motifs is 1. The van der Waals surface area contributed by atoms with Crippen LogP contribution in [0, 0.1) is 11.6 Å². The maximum atomic E-state index is 13.6. The Labute approximate surface area is 125 Å². The summed E-state index contributed by atoms with van der Waals surface area (Å²) in [5, 5.41) is 4.72. The minimum absolute atomic E-state index is 0.333. The van der Waals surface area contributed by atoms with E-state index in [9.17, 15) is 8.78 Å². The van der Waals surface area contributed by atoms with Crippen molar-refractivity contribution in [3.05, 3.63) is 58.4 Å². The van der Waals surface area contributed by atoms with E-state index < -0.39 is 11.6 Å². The van der Waals surface area contributed by atoms with Crippen molar-refractivity contribution in [3.8, 4) is 0 Å². The molecule has 108 valence electrons. The number of rotatable bonds is 3. The van der Waals surface area contributed by atoms with Crippen molar-refractivity contribution in [2.75, 3.05) is 0 Å². The number of pyridine rings is 1. The largest absolute Gasteiger partial charge is 0.273 e. The minimum Gasteiger partial charge on any atom is -0.273 e. The highest BCUT2D eigenvalue weighted by Crippen LogP contribution is 2.22. The lowest BCUT2D eigenvalue weighted by atomic mass is 10.1. The molecule has 3 rings (SSSR count). The molecule has 1 aromatic carbocycles. The van der Waals surface area contributed by atoms with Gasteiger partial charge in [0, 0.05) is 12.7 Å². The van der Waals surface area contributed by atoms with Crippen molar-refractivity contribution in [2.24, 2.45) is 7.05 Å². The molecule has 0 N–H and O–H groups in total. The highest BCUT2D eigenvalue weighted by Gasteiger charge is 2.11. The van der Waals surface area contributed by atoms with E-state index in [4.69, 9.17) is 11.6 Å². The summed E-state index contributed by atoms with van der Waals surface area (Å²) < 4.78 is 28.4. The first kappa shape index (κ1) is 13.9. The van der Waals surface area contributed by atoms with Gasteiger partial charge in [-0.2, -0.15) is 5.10 Å². The summed E-state index contributed by atoms with van der Waals surface area (Å²) in [4.78, 5) is 4.44. The summed E-state index contributed by atoms with van der Waals surface area (Å²) in [6, 6.07) is 5.89. The smallest absolute Gasteiger partial charge is 0.162 e. The van der Waals surface area contributed by atoms with Gasteiger partial charge in [0.1, 0.15) is 11.0 Å². The van der Waals surface area contributed by atoms with Crippen molar-refractivity contribution in [2.45, 2.75) is 12.8 Å². The molecule has 0 radical (unpaired) electrons. The van der Waals surface area contributed by atoms with E-state index in [1.165, 1.54) is 6.07 Å². The van der Waals surface area contributed by atoms with Crippen LogP contribution < -0.4 is 0 Å². The quantitative estimate of drug-likeness (QED) is 0.739. The van der Waals surface area contributed by atoms with Crippen LogP contribution in [0.25, 0.3) is 11.0 Å². The fourth-order valence-corrected chi connectivity index (χ4v) is 2.52. The summed E-state index contributed by atoms with van der Waals surface area (Å²) in [7, 11) is 1.79. The fourth-order valence-electron chi connectivity index (χ4n) is 2.26. The van der Waals surface area contributed by atoms with Crippen molar-refractivity contribution in [3.63, 3.8) is 0 Å². The van der Waals surface area contributed by atoms with E-state index in [-0.39, 0.29) is 0 Å². The maximum absolute atomic E-state index is 13.6. The van der Waals surface area contributed by atoms with Gasteiger partial charge in [-0.15, -0.1) is 0 Å². The molecule has 3 aromatic rings. The maximum Gasteiger partial charge on any atom is 0.162 e. The molecule has 0 atom stereocenters. The van der Waals surface area contributed by atoms with E-state index in [1.807, 2.05) is 0 Å². The average molecular weight is 308 g/mol. The molecule has 0 aliphatic heterocycles. The van der Waals surface area contributed by atoms with Crippen LogP contribution in [0.4, 0.5) is 8.78 Å². The normalized spacial score (nSPS) is 11.2. The average Bonchev–Trinajstić information content (AvgIpc) is 2.81. The summed E-state index contributed by atoms with van der Waals surface area (Å²) >= 11 is 6.16. The van der Waals surface area contributed by atoms with Gasteiger partial charge in [-0.05, 0) is 30.5 Å². The van der Waals surface area contributed by atoms with Gasteiger partial charge in [0.25, 0.3) is 0 Å². The number of halogens is 3. The molecule has 0 amide bonds. The molecular weight excluding hydrogens is 296 g/mol. The van der Waals surface area contributed by atoms with Gasteiger partial charge in [-0.1, -0.05) is 23.7 Å². The second-order valence-electron chi connectivity index (χ2n) is 4.84. The van der Waals surface area contributed by atoms with Crippen molar-refractivity contribution in [1.82, 2.24) is 14.8 Å². The third-order valence-corrected chi connectivity index (χ3v) is 3.56. The van der Waals surface area contributed by atoms with Gasteiger partial charge < -0.3 is 0 Å². The third-order valence-electron chi connectivity index (χ3n) is 3.28. The first-order valence-electron chi connectivity index (χ1n) is 6.46. The summed E-state index contributed by atoms with van der Waals surface area (Å²) in [5.74, 6) is -1.63. The summed E-state index contributed by atoms with van der Waals surface area (Å²) in [6.07, 6.45) is 2.61. The second kappa shape index (κ2) is 5.41. The van der Waals surface area contributed by atoms with Crippen LogP contribution >= 0.6 is 11.6 Å². The van der Waals surface area contributed by atoms with Crippen LogP contribution in [0.5, 0.6) is 0 Å².